The Balaban J connectivity index is 2.21. The number of rotatable bonds is 5. The molecule has 1 aromatic carbocycles. The van der Waals surface area contributed by atoms with Crippen molar-refractivity contribution in [2.24, 2.45) is 0 Å². The summed E-state index contributed by atoms with van der Waals surface area (Å²) in [6.07, 6.45) is 5.84. The second kappa shape index (κ2) is 6.42. The van der Waals surface area contributed by atoms with Crippen LogP contribution in [0, 0.1) is 0 Å². The number of hydrogen-bond acceptors (Lipinski definition) is 2. The Bertz CT molecular complexity index is 593. The van der Waals surface area contributed by atoms with E-state index in [4.69, 9.17) is 4.74 Å². The third kappa shape index (κ3) is 3.50. The van der Waals surface area contributed by atoms with Gasteiger partial charge in [0, 0.05) is 11.6 Å². The molecule has 20 heavy (non-hydrogen) atoms. The van der Waals surface area contributed by atoms with E-state index in [0.29, 0.717) is 12.6 Å². The van der Waals surface area contributed by atoms with E-state index in [1.165, 1.54) is 5.57 Å². The number of allylic oxidation sites excluding steroid dienone is 1. The van der Waals surface area contributed by atoms with Gasteiger partial charge in [-0.3, -0.25) is 0 Å². The third-order valence-corrected chi connectivity index (χ3v) is 3.09. The number of hydrogen-bond donors (Lipinski definition) is 0. The summed E-state index contributed by atoms with van der Waals surface area (Å²) in [6.45, 7) is 9.05. The zero-order chi connectivity index (χ0) is 14.5. The Kier molecular flexibility index (Phi) is 4.61. The number of aromatic nitrogens is 2. The number of ether oxygens (including phenoxy) is 1. The summed E-state index contributed by atoms with van der Waals surface area (Å²) in [6, 6.07) is 8.55. The van der Waals surface area contributed by atoms with Crippen LogP contribution in [-0.4, -0.2) is 16.2 Å². The van der Waals surface area contributed by atoms with E-state index < -0.39 is 0 Å². The van der Waals surface area contributed by atoms with E-state index in [-0.39, 0.29) is 0 Å². The van der Waals surface area contributed by atoms with Crippen LogP contribution in [-0.2, 0) is 0 Å². The minimum Gasteiger partial charge on any atom is -0.490 e. The lowest BCUT2D eigenvalue weighted by atomic mass is 10.1. The van der Waals surface area contributed by atoms with Crippen molar-refractivity contribution in [3.05, 3.63) is 48.4 Å². The molecular weight excluding hydrogens is 248 g/mol. The van der Waals surface area contributed by atoms with Crippen molar-refractivity contribution in [2.75, 3.05) is 6.61 Å². The first-order valence-corrected chi connectivity index (χ1v) is 6.96. The molecule has 0 atom stereocenters. The van der Waals surface area contributed by atoms with Gasteiger partial charge in [0.05, 0.1) is 18.2 Å². The highest BCUT2D eigenvalue weighted by atomic mass is 16.5. The topological polar surface area (TPSA) is 27.1 Å². The van der Waals surface area contributed by atoms with Crippen molar-refractivity contribution in [1.82, 2.24) is 9.55 Å². The first kappa shape index (κ1) is 14.4. The van der Waals surface area contributed by atoms with Gasteiger partial charge in [0.15, 0.2) is 0 Å². The minimum absolute atomic E-state index is 0.391. The SMILES string of the molecule is CC(C)=CCOc1cccc(-c2cncn2C(C)C)c1. The molecule has 2 rings (SSSR count). The molecule has 0 amide bonds. The molecule has 0 N–H and O–H groups in total. The van der Waals surface area contributed by atoms with Gasteiger partial charge in [-0.2, -0.15) is 0 Å². The van der Waals surface area contributed by atoms with E-state index in [1.807, 2.05) is 24.7 Å². The molecule has 0 fully saturated rings. The molecule has 0 aliphatic heterocycles. The highest BCUT2D eigenvalue weighted by Gasteiger charge is 2.08. The van der Waals surface area contributed by atoms with Gasteiger partial charge in [-0.15, -0.1) is 0 Å². The standard InChI is InChI=1S/C17H22N2O/c1-13(2)8-9-20-16-7-5-6-15(10-16)17-11-18-12-19(17)14(3)4/h5-8,10-12,14H,9H2,1-4H3. The normalized spacial score (nSPS) is 10.7. The Morgan fingerprint density at radius 3 is 2.85 bits per heavy atom. The summed E-state index contributed by atoms with van der Waals surface area (Å²) in [5, 5.41) is 0. The molecule has 0 saturated carbocycles. The van der Waals surface area contributed by atoms with Crippen molar-refractivity contribution < 1.29 is 4.74 Å². The lowest BCUT2D eigenvalue weighted by molar-refractivity contribution is 0.362. The third-order valence-electron chi connectivity index (χ3n) is 3.09. The van der Waals surface area contributed by atoms with Crippen molar-refractivity contribution in [3.8, 4) is 17.0 Å². The Morgan fingerprint density at radius 2 is 2.15 bits per heavy atom. The highest BCUT2D eigenvalue weighted by molar-refractivity contribution is 5.61. The quantitative estimate of drug-likeness (QED) is 0.749. The first-order chi connectivity index (χ1) is 9.58. The molecule has 106 valence electrons. The Hall–Kier alpha value is -2.03. The van der Waals surface area contributed by atoms with Crippen LogP contribution in [0.3, 0.4) is 0 Å². The molecular formula is C17H22N2O. The minimum atomic E-state index is 0.391. The molecule has 0 spiro atoms. The summed E-state index contributed by atoms with van der Waals surface area (Å²) >= 11 is 0. The summed E-state index contributed by atoms with van der Waals surface area (Å²) in [4.78, 5) is 4.25. The van der Waals surface area contributed by atoms with Gasteiger partial charge >= 0.3 is 0 Å². The number of imidazole rings is 1. The number of nitrogens with zero attached hydrogens (tertiary/aromatic N) is 2. The largest absolute Gasteiger partial charge is 0.490 e. The molecule has 0 saturated heterocycles. The fourth-order valence-electron chi connectivity index (χ4n) is 1.99. The smallest absolute Gasteiger partial charge is 0.120 e. The summed E-state index contributed by atoms with van der Waals surface area (Å²) < 4.78 is 7.91. The van der Waals surface area contributed by atoms with Gasteiger partial charge in [0.2, 0.25) is 0 Å². The molecule has 0 aliphatic carbocycles. The summed E-state index contributed by atoms with van der Waals surface area (Å²) in [5.74, 6) is 0.886. The highest BCUT2D eigenvalue weighted by Crippen LogP contribution is 2.25. The second-order valence-electron chi connectivity index (χ2n) is 5.40. The van der Waals surface area contributed by atoms with E-state index in [1.54, 1.807) is 0 Å². The van der Waals surface area contributed by atoms with Gasteiger partial charge in [-0.25, -0.2) is 4.98 Å². The van der Waals surface area contributed by atoms with Crippen LogP contribution in [0.1, 0.15) is 33.7 Å². The molecule has 0 aliphatic rings. The maximum atomic E-state index is 5.75. The van der Waals surface area contributed by atoms with Gasteiger partial charge in [-0.1, -0.05) is 17.7 Å². The molecule has 3 nitrogen and oxygen atoms in total. The molecule has 3 heteroatoms. The first-order valence-electron chi connectivity index (χ1n) is 6.96. The fourth-order valence-corrected chi connectivity index (χ4v) is 1.99. The van der Waals surface area contributed by atoms with Crippen LogP contribution in [0.15, 0.2) is 48.4 Å². The van der Waals surface area contributed by atoms with Gasteiger partial charge in [0.25, 0.3) is 0 Å². The molecule has 1 aromatic heterocycles. The molecule has 1 heterocycles. The zero-order valence-electron chi connectivity index (χ0n) is 12.6. The number of benzene rings is 1. The van der Waals surface area contributed by atoms with Crippen molar-refractivity contribution in [1.29, 1.82) is 0 Å². The predicted molar refractivity (Wildman–Crippen MR) is 83.0 cm³/mol. The van der Waals surface area contributed by atoms with Gasteiger partial charge in [-0.05, 0) is 45.9 Å². The van der Waals surface area contributed by atoms with E-state index >= 15 is 0 Å². The van der Waals surface area contributed by atoms with Crippen molar-refractivity contribution in [3.63, 3.8) is 0 Å². The van der Waals surface area contributed by atoms with Gasteiger partial charge < -0.3 is 9.30 Å². The van der Waals surface area contributed by atoms with E-state index in [2.05, 4.69) is 55.5 Å². The van der Waals surface area contributed by atoms with Crippen LogP contribution in [0.5, 0.6) is 5.75 Å². The van der Waals surface area contributed by atoms with Crippen LogP contribution >= 0.6 is 0 Å². The van der Waals surface area contributed by atoms with E-state index in [0.717, 1.165) is 17.0 Å². The van der Waals surface area contributed by atoms with E-state index in [9.17, 15) is 0 Å². The Morgan fingerprint density at radius 1 is 1.35 bits per heavy atom. The average Bonchev–Trinajstić information content (AvgIpc) is 2.88. The summed E-state index contributed by atoms with van der Waals surface area (Å²) in [5.41, 5.74) is 3.51. The molecule has 0 bridgehead atoms. The van der Waals surface area contributed by atoms with Crippen LogP contribution in [0.4, 0.5) is 0 Å². The molecule has 0 unspecified atom stereocenters. The summed E-state index contributed by atoms with van der Waals surface area (Å²) in [7, 11) is 0. The predicted octanol–water partition coefficient (Wildman–Crippen LogP) is 4.48. The zero-order valence-corrected chi connectivity index (χ0v) is 12.6. The molecule has 0 radical (unpaired) electrons. The maximum Gasteiger partial charge on any atom is 0.120 e. The average molecular weight is 270 g/mol. The fraction of sp³-hybridized carbons (Fsp3) is 0.353. The van der Waals surface area contributed by atoms with Gasteiger partial charge in [0.1, 0.15) is 12.4 Å². The van der Waals surface area contributed by atoms with Crippen LogP contribution in [0.25, 0.3) is 11.3 Å². The van der Waals surface area contributed by atoms with Crippen molar-refractivity contribution in [2.45, 2.75) is 33.7 Å². The lowest BCUT2D eigenvalue weighted by Gasteiger charge is -2.12. The maximum absolute atomic E-state index is 5.75. The Labute approximate surface area is 120 Å². The van der Waals surface area contributed by atoms with Crippen molar-refractivity contribution >= 4 is 0 Å². The monoisotopic (exact) mass is 270 g/mol. The van der Waals surface area contributed by atoms with Crippen LogP contribution < -0.4 is 4.74 Å². The van der Waals surface area contributed by atoms with Crippen LogP contribution in [0.2, 0.25) is 0 Å². The molecule has 2 aromatic rings. The lowest BCUT2D eigenvalue weighted by Crippen LogP contribution is -2.01. The second-order valence-corrected chi connectivity index (χ2v) is 5.40.